The smallest absolute Gasteiger partial charge is 0.221 e. The zero-order valence-electron chi connectivity index (χ0n) is 8.32. The van der Waals surface area contributed by atoms with Crippen molar-refractivity contribution in [2.24, 2.45) is 0 Å². The van der Waals surface area contributed by atoms with E-state index >= 15 is 0 Å². The Hall–Kier alpha value is -0.960. The summed E-state index contributed by atoms with van der Waals surface area (Å²) in [5, 5.41) is 2.88. The molecule has 0 aliphatic carbocycles. The maximum absolute atomic E-state index is 11.3. The molecule has 2 nitrogen and oxygen atoms in total. The van der Waals surface area contributed by atoms with Crippen LogP contribution in [0, 0.1) is 0 Å². The van der Waals surface area contributed by atoms with Gasteiger partial charge in [-0.15, -0.1) is 0 Å². The summed E-state index contributed by atoms with van der Waals surface area (Å²) in [5.41, 5.74) is 1.14. The molecular formula is C11H15NOS. The van der Waals surface area contributed by atoms with Crippen LogP contribution >= 0.6 is 11.8 Å². The molecule has 76 valence electrons. The summed E-state index contributed by atoms with van der Waals surface area (Å²) >= 11 is 1.69. The number of rotatable bonds is 5. The molecule has 0 aliphatic heterocycles. The van der Waals surface area contributed by atoms with E-state index in [0.29, 0.717) is 13.0 Å². The minimum absolute atomic E-state index is 0.128. The van der Waals surface area contributed by atoms with Gasteiger partial charge in [0.25, 0.3) is 0 Å². The van der Waals surface area contributed by atoms with E-state index < -0.39 is 0 Å². The Bertz CT molecular complexity index is 274. The molecule has 1 N–H and O–H groups in total. The first-order valence-corrected chi connectivity index (χ1v) is 6.02. The van der Waals surface area contributed by atoms with Gasteiger partial charge in [0.15, 0.2) is 0 Å². The van der Waals surface area contributed by atoms with Gasteiger partial charge in [-0.3, -0.25) is 4.79 Å². The van der Waals surface area contributed by atoms with Crippen LogP contribution in [0.1, 0.15) is 12.0 Å². The average molecular weight is 209 g/mol. The molecule has 1 aromatic carbocycles. The van der Waals surface area contributed by atoms with Crippen LogP contribution in [0.15, 0.2) is 30.3 Å². The van der Waals surface area contributed by atoms with Crippen molar-refractivity contribution in [3.05, 3.63) is 35.9 Å². The molecule has 0 fully saturated rings. The van der Waals surface area contributed by atoms with E-state index in [9.17, 15) is 4.79 Å². The lowest BCUT2D eigenvalue weighted by Gasteiger charge is -2.03. The SMILES string of the molecule is CSCCC(=O)NCc1ccccc1. The van der Waals surface area contributed by atoms with Crippen LogP contribution in [0.5, 0.6) is 0 Å². The van der Waals surface area contributed by atoms with Crippen molar-refractivity contribution in [1.82, 2.24) is 5.32 Å². The highest BCUT2D eigenvalue weighted by Gasteiger charge is 1.99. The standard InChI is InChI=1S/C11H15NOS/c1-14-8-7-11(13)12-9-10-5-3-2-4-6-10/h2-6H,7-9H2,1H3,(H,12,13). The van der Waals surface area contributed by atoms with E-state index in [1.165, 1.54) is 0 Å². The maximum atomic E-state index is 11.3. The van der Waals surface area contributed by atoms with Crippen molar-refractivity contribution in [2.45, 2.75) is 13.0 Å². The van der Waals surface area contributed by atoms with Gasteiger partial charge in [0, 0.05) is 18.7 Å². The first-order chi connectivity index (χ1) is 6.83. The third kappa shape index (κ3) is 4.33. The Labute approximate surface area is 89.1 Å². The van der Waals surface area contributed by atoms with Gasteiger partial charge in [0.1, 0.15) is 0 Å². The molecule has 0 saturated carbocycles. The molecule has 1 aromatic rings. The Morgan fingerprint density at radius 2 is 2.07 bits per heavy atom. The Morgan fingerprint density at radius 3 is 2.71 bits per heavy atom. The number of thioether (sulfide) groups is 1. The van der Waals surface area contributed by atoms with Crippen LogP contribution in [-0.2, 0) is 11.3 Å². The van der Waals surface area contributed by atoms with Crippen molar-refractivity contribution in [1.29, 1.82) is 0 Å². The van der Waals surface area contributed by atoms with Crippen LogP contribution in [0.2, 0.25) is 0 Å². The summed E-state index contributed by atoms with van der Waals surface area (Å²) in [6.45, 7) is 0.633. The van der Waals surface area contributed by atoms with Gasteiger partial charge < -0.3 is 5.32 Å². The number of carbonyl (C=O) groups excluding carboxylic acids is 1. The second-order valence-electron chi connectivity index (χ2n) is 3.01. The molecule has 0 spiro atoms. The van der Waals surface area contributed by atoms with E-state index in [2.05, 4.69) is 5.32 Å². The van der Waals surface area contributed by atoms with Gasteiger partial charge in [-0.05, 0) is 11.8 Å². The number of hydrogen-bond acceptors (Lipinski definition) is 2. The minimum Gasteiger partial charge on any atom is -0.352 e. The highest BCUT2D eigenvalue weighted by molar-refractivity contribution is 7.98. The molecule has 1 amide bonds. The number of benzene rings is 1. The molecule has 0 aliphatic rings. The minimum atomic E-state index is 0.128. The third-order valence-electron chi connectivity index (χ3n) is 1.87. The zero-order chi connectivity index (χ0) is 10.2. The van der Waals surface area contributed by atoms with Crippen molar-refractivity contribution in [3.8, 4) is 0 Å². The lowest BCUT2D eigenvalue weighted by atomic mass is 10.2. The zero-order valence-corrected chi connectivity index (χ0v) is 9.14. The normalized spacial score (nSPS) is 9.79. The lowest BCUT2D eigenvalue weighted by Crippen LogP contribution is -2.22. The second-order valence-corrected chi connectivity index (χ2v) is 3.99. The van der Waals surface area contributed by atoms with E-state index in [-0.39, 0.29) is 5.91 Å². The summed E-state index contributed by atoms with van der Waals surface area (Å²) in [5.74, 6) is 1.02. The van der Waals surface area contributed by atoms with Gasteiger partial charge in [0.2, 0.25) is 5.91 Å². The summed E-state index contributed by atoms with van der Waals surface area (Å²) < 4.78 is 0. The topological polar surface area (TPSA) is 29.1 Å². The van der Waals surface area contributed by atoms with Crippen molar-refractivity contribution >= 4 is 17.7 Å². The van der Waals surface area contributed by atoms with E-state index in [4.69, 9.17) is 0 Å². The fourth-order valence-electron chi connectivity index (χ4n) is 1.08. The summed E-state index contributed by atoms with van der Waals surface area (Å²) in [7, 11) is 0. The van der Waals surface area contributed by atoms with Crippen LogP contribution in [0.25, 0.3) is 0 Å². The van der Waals surface area contributed by atoms with Gasteiger partial charge >= 0.3 is 0 Å². The Balaban J connectivity index is 2.24. The van der Waals surface area contributed by atoms with Gasteiger partial charge in [-0.25, -0.2) is 0 Å². The van der Waals surface area contributed by atoms with Crippen molar-refractivity contribution < 1.29 is 4.79 Å². The quantitative estimate of drug-likeness (QED) is 0.804. The van der Waals surface area contributed by atoms with Crippen LogP contribution in [-0.4, -0.2) is 17.9 Å². The molecule has 0 heterocycles. The Kier molecular flexibility index (Phi) is 5.15. The lowest BCUT2D eigenvalue weighted by molar-refractivity contribution is -0.120. The van der Waals surface area contributed by atoms with E-state index in [1.807, 2.05) is 36.6 Å². The monoisotopic (exact) mass is 209 g/mol. The third-order valence-corrected chi connectivity index (χ3v) is 2.48. The summed E-state index contributed by atoms with van der Waals surface area (Å²) in [4.78, 5) is 11.3. The van der Waals surface area contributed by atoms with Crippen molar-refractivity contribution in [2.75, 3.05) is 12.0 Å². The predicted molar refractivity (Wildman–Crippen MR) is 61.3 cm³/mol. The van der Waals surface area contributed by atoms with E-state index in [1.54, 1.807) is 11.8 Å². The first-order valence-electron chi connectivity index (χ1n) is 4.62. The molecule has 14 heavy (non-hydrogen) atoms. The molecule has 1 rings (SSSR count). The first kappa shape index (κ1) is 11.1. The molecule has 0 bridgehead atoms. The molecule has 0 radical (unpaired) electrons. The molecule has 0 atom stereocenters. The molecule has 0 aromatic heterocycles. The molecule has 3 heteroatoms. The number of amides is 1. The highest BCUT2D eigenvalue weighted by atomic mass is 32.2. The van der Waals surface area contributed by atoms with E-state index in [0.717, 1.165) is 11.3 Å². The maximum Gasteiger partial charge on any atom is 0.221 e. The molecule has 0 unspecified atom stereocenters. The Morgan fingerprint density at radius 1 is 1.36 bits per heavy atom. The predicted octanol–water partition coefficient (Wildman–Crippen LogP) is 2.06. The second kappa shape index (κ2) is 6.49. The fourth-order valence-corrected chi connectivity index (χ4v) is 1.47. The summed E-state index contributed by atoms with van der Waals surface area (Å²) in [6.07, 6.45) is 2.61. The van der Waals surface area contributed by atoms with Crippen LogP contribution < -0.4 is 5.32 Å². The number of carbonyl (C=O) groups is 1. The molecular weight excluding hydrogens is 194 g/mol. The number of hydrogen-bond donors (Lipinski definition) is 1. The van der Waals surface area contributed by atoms with Gasteiger partial charge in [-0.2, -0.15) is 11.8 Å². The fraction of sp³-hybridized carbons (Fsp3) is 0.364. The van der Waals surface area contributed by atoms with Gasteiger partial charge in [-0.1, -0.05) is 30.3 Å². The summed E-state index contributed by atoms with van der Waals surface area (Å²) in [6, 6.07) is 9.94. The largest absolute Gasteiger partial charge is 0.352 e. The van der Waals surface area contributed by atoms with Crippen LogP contribution in [0.3, 0.4) is 0 Å². The molecule has 0 saturated heterocycles. The number of nitrogens with one attached hydrogen (secondary N) is 1. The highest BCUT2D eigenvalue weighted by Crippen LogP contribution is 1.99. The van der Waals surface area contributed by atoms with Crippen molar-refractivity contribution in [3.63, 3.8) is 0 Å². The average Bonchev–Trinajstić information content (AvgIpc) is 2.25. The van der Waals surface area contributed by atoms with Gasteiger partial charge in [0.05, 0.1) is 0 Å². The van der Waals surface area contributed by atoms with Crippen LogP contribution in [0.4, 0.5) is 0 Å².